The molecule has 0 saturated heterocycles. The number of rotatable bonds is 6. The van der Waals surface area contributed by atoms with E-state index in [1.807, 2.05) is 43.3 Å². The lowest BCUT2D eigenvalue weighted by Gasteiger charge is -2.20. The maximum absolute atomic E-state index is 9.74. The summed E-state index contributed by atoms with van der Waals surface area (Å²) in [7, 11) is 3.90. The molecule has 0 amide bonds. The van der Waals surface area contributed by atoms with Gasteiger partial charge in [-0.05, 0) is 38.7 Å². The minimum absolute atomic E-state index is 0.186. The van der Waals surface area contributed by atoms with E-state index in [9.17, 15) is 5.11 Å². The maximum atomic E-state index is 9.74. The molecule has 1 unspecified atom stereocenters. The zero-order valence-corrected chi connectivity index (χ0v) is 11.4. The third-order valence-corrected chi connectivity index (χ3v) is 2.82. The summed E-state index contributed by atoms with van der Waals surface area (Å²) in [6, 6.07) is 7.95. The highest BCUT2D eigenvalue weighted by atomic mass is 35.5. The number of benzene rings is 1. The van der Waals surface area contributed by atoms with Crippen molar-refractivity contribution >= 4 is 11.6 Å². The molecule has 1 aromatic rings. The average Bonchev–Trinajstić information content (AvgIpc) is 2.25. The van der Waals surface area contributed by atoms with Crippen molar-refractivity contribution in [2.45, 2.75) is 19.1 Å². The fraction of sp³-hybridized carbons (Fsp3) is 0.538. The first-order chi connectivity index (χ1) is 7.99. The van der Waals surface area contributed by atoms with Gasteiger partial charge in [0.2, 0.25) is 0 Å². The van der Waals surface area contributed by atoms with Crippen LogP contribution in [0.4, 0.5) is 0 Å². The van der Waals surface area contributed by atoms with Gasteiger partial charge in [-0.25, -0.2) is 0 Å². The Balaban J connectivity index is 2.42. The Kier molecular flexibility index (Phi) is 5.92. The molecule has 0 saturated carbocycles. The summed E-state index contributed by atoms with van der Waals surface area (Å²) < 4.78 is 0. The molecule has 0 aliphatic carbocycles. The number of halogens is 1. The van der Waals surface area contributed by atoms with E-state index in [4.69, 9.17) is 11.6 Å². The largest absolute Gasteiger partial charge is 0.390 e. The van der Waals surface area contributed by atoms with Crippen LogP contribution < -0.4 is 5.32 Å². The zero-order valence-electron chi connectivity index (χ0n) is 10.7. The minimum atomic E-state index is -0.355. The van der Waals surface area contributed by atoms with Crippen LogP contribution in [0.1, 0.15) is 18.5 Å². The van der Waals surface area contributed by atoms with Crippen LogP contribution in [-0.4, -0.2) is 43.3 Å². The quantitative estimate of drug-likeness (QED) is 0.816. The SMILES string of the molecule is C[C@@H](NCC(O)CN(C)C)c1cccc(Cl)c1. The van der Waals surface area contributed by atoms with Crippen molar-refractivity contribution in [2.75, 3.05) is 27.2 Å². The van der Waals surface area contributed by atoms with E-state index in [1.54, 1.807) is 0 Å². The van der Waals surface area contributed by atoms with Crippen molar-refractivity contribution in [1.82, 2.24) is 10.2 Å². The van der Waals surface area contributed by atoms with Gasteiger partial charge in [0.15, 0.2) is 0 Å². The van der Waals surface area contributed by atoms with Crippen molar-refractivity contribution in [3.8, 4) is 0 Å². The number of hydrogen-bond acceptors (Lipinski definition) is 3. The van der Waals surface area contributed by atoms with Crippen LogP contribution in [-0.2, 0) is 0 Å². The fourth-order valence-electron chi connectivity index (χ4n) is 1.69. The molecule has 0 aliphatic rings. The average molecular weight is 257 g/mol. The highest BCUT2D eigenvalue weighted by Crippen LogP contribution is 2.17. The van der Waals surface area contributed by atoms with Gasteiger partial charge in [0.05, 0.1) is 6.10 Å². The van der Waals surface area contributed by atoms with Crippen LogP contribution in [0.5, 0.6) is 0 Å². The summed E-state index contributed by atoms with van der Waals surface area (Å²) in [6.45, 7) is 3.30. The molecule has 96 valence electrons. The Bertz CT molecular complexity index is 344. The van der Waals surface area contributed by atoms with Crippen molar-refractivity contribution in [2.24, 2.45) is 0 Å². The summed E-state index contributed by atoms with van der Waals surface area (Å²) in [5.41, 5.74) is 1.13. The number of nitrogens with zero attached hydrogens (tertiary/aromatic N) is 1. The van der Waals surface area contributed by atoms with Crippen LogP contribution in [0.25, 0.3) is 0 Å². The van der Waals surface area contributed by atoms with Gasteiger partial charge in [0.25, 0.3) is 0 Å². The minimum Gasteiger partial charge on any atom is -0.390 e. The molecule has 0 bridgehead atoms. The standard InChI is InChI=1S/C13H21ClN2O/c1-10(11-5-4-6-12(14)7-11)15-8-13(17)9-16(2)3/h4-7,10,13,15,17H,8-9H2,1-3H3/t10-,13?/m1/s1. The lowest BCUT2D eigenvalue weighted by Crippen LogP contribution is -2.36. The first kappa shape index (κ1) is 14.5. The van der Waals surface area contributed by atoms with E-state index in [-0.39, 0.29) is 12.1 Å². The van der Waals surface area contributed by atoms with Gasteiger partial charge in [-0.15, -0.1) is 0 Å². The molecule has 0 fully saturated rings. The molecular formula is C13H21ClN2O. The summed E-state index contributed by atoms with van der Waals surface area (Å²) >= 11 is 5.94. The zero-order chi connectivity index (χ0) is 12.8. The molecule has 2 N–H and O–H groups in total. The topological polar surface area (TPSA) is 35.5 Å². The molecular weight excluding hydrogens is 236 g/mol. The normalized spacial score (nSPS) is 14.9. The van der Waals surface area contributed by atoms with E-state index < -0.39 is 0 Å². The van der Waals surface area contributed by atoms with Gasteiger partial charge >= 0.3 is 0 Å². The van der Waals surface area contributed by atoms with Crippen LogP contribution in [0, 0.1) is 0 Å². The Morgan fingerprint density at radius 2 is 2.12 bits per heavy atom. The van der Waals surface area contributed by atoms with Crippen molar-refractivity contribution in [3.63, 3.8) is 0 Å². The third-order valence-electron chi connectivity index (χ3n) is 2.58. The van der Waals surface area contributed by atoms with Gasteiger partial charge in [-0.1, -0.05) is 23.7 Å². The Morgan fingerprint density at radius 3 is 2.71 bits per heavy atom. The van der Waals surface area contributed by atoms with Gasteiger partial charge in [0.1, 0.15) is 0 Å². The van der Waals surface area contributed by atoms with E-state index in [1.165, 1.54) is 0 Å². The molecule has 4 heteroatoms. The summed E-state index contributed by atoms with van der Waals surface area (Å²) in [5.74, 6) is 0. The molecule has 0 radical (unpaired) electrons. The molecule has 3 nitrogen and oxygen atoms in total. The Hall–Kier alpha value is -0.610. The van der Waals surface area contributed by atoms with Crippen LogP contribution in [0.15, 0.2) is 24.3 Å². The monoisotopic (exact) mass is 256 g/mol. The van der Waals surface area contributed by atoms with Crippen LogP contribution >= 0.6 is 11.6 Å². The second-order valence-corrected chi connectivity index (χ2v) is 5.04. The van der Waals surface area contributed by atoms with Crippen molar-refractivity contribution < 1.29 is 5.11 Å². The van der Waals surface area contributed by atoms with Crippen LogP contribution in [0.3, 0.4) is 0 Å². The lowest BCUT2D eigenvalue weighted by atomic mass is 10.1. The number of hydrogen-bond donors (Lipinski definition) is 2. The van der Waals surface area contributed by atoms with E-state index >= 15 is 0 Å². The molecule has 1 aromatic carbocycles. The smallest absolute Gasteiger partial charge is 0.0791 e. The maximum Gasteiger partial charge on any atom is 0.0791 e. The van der Waals surface area contributed by atoms with E-state index in [0.29, 0.717) is 13.1 Å². The first-order valence-electron chi connectivity index (χ1n) is 5.80. The molecule has 17 heavy (non-hydrogen) atoms. The Morgan fingerprint density at radius 1 is 1.41 bits per heavy atom. The molecule has 0 heterocycles. The first-order valence-corrected chi connectivity index (χ1v) is 6.18. The van der Waals surface area contributed by atoms with Crippen molar-refractivity contribution in [3.05, 3.63) is 34.9 Å². The van der Waals surface area contributed by atoms with Gasteiger partial charge in [-0.3, -0.25) is 0 Å². The number of aliphatic hydroxyl groups is 1. The lowest BCUT2D eigenvalue weighted by molar-refractivity contribution is 0.132. The molecule has 0 spiro atoms. The van der Waals surface area contributed by atoms with Gasteiger partial charge < -0.3 is 15.3 Å². The van der Waals surface area contributed by atoms with E-state index in [2.05, 4.69) is 12.2 Å². The van der Waals surface area contributed by atoms with Crippen LogP contribution in [0.2, 0.25) is 5.02 Å². The molecule has 2 atom stereocenters. The number of likely N-dealkylation sites (N-methyl/N-ethyl adjacent to an activating group) is 1. The highest BCUT2D eigenvalue weighted by molar-refractivity contribution is 6.30. The summed E-state index contributed by atoms with van der Waals surface area (Å²) in [5, 5.41) is 13.8. The van der Waals surface area contributed by atoms with Gasteiger partial charge in [0, 0.05) is 24.2 Å². The molecule has 1 rings (SSSR count). The second-order valence-electron chi connectivity index (χ2n) is 4.60. The highest BCUT2D eigenvalue weighted by Gasteiger charge is 2.09. The summed E-state index contributed by atoms with van der Waals surface area (Å²) in [6.07, 6.45) is -0.355. The summed E-state index contributed by atoms with van der Waals surface area (Å²) in [4.78, 5) is 1.97. The molecule has 0 aliphatic heterocycles. The predicted octanol–water partition coefficient (Wildman–Crippen LogP) is 1.91. The number of nitrogens with one attached hydrogen (secondary N) is 1. The van der Waals surface area contributed by atoms with E-state index in [0.717, 1.165) is 10.6 Å². The Labute approximate surface area is 108 Å². The second kappa shape index (κ2) is 6.97. The van der Waals surface area contributed by atoms with Crippen molar-refractivity contribution in [1.29, 1.82) is 0 Å². The predicted molar refractivity (Wildman–Crippen MR) is 72.4 cm³/mol. The third kappa shape index (κ3) is 5.50. The molecule has 0 aromatic heterocycles. The fourth-order valence-corrected chi connectivity index (χ4v) is 1.89. The van der Waals surface area contributed by atoms with Gasteiger partial charge in [-0.2, -0.15) is 0 Å². The number of aliphatic hydroxyl groups excluding tert-OH is 1.